The van der Waals surface area contributed by atoms with Crippen LogP contribution in [0.1, 0.15) is 40.9 Å². The Balaban J connectivity index is 1.67. The van der Waals surface area contributed by atoms with Crippen molar-refractivity contribution in [2.75, 3.05) is 39.4 Å². The van der Waals surface area contributed by atoms with Gasteiger partial charge in [0.1, 0.15) is 0 Å². The van der Waals surface area contributed by atoms with E-state index in [4.69, 9.17) is 4.74 Å². The van der Waals surface area contributed by atoms with Crippen molar-refractivity contribution in [2.24, 2.45) is 5.92 Å². The number of hydrogen-bond donors (Lipinski definition) is 0. The van der Waals surface area contributed by atoms with Crippen LogP contribution >= 0.6 is 0 Å². The van der Waals surface area contributed by atoms with Crippen LogP contribution in [0.5, 0.6) is 0 Å². The molecule has 26 heavy (non-hydrogen) atoms. The van der Waals surface area contributed by atoms with Gasteiger partial charge in [-0.2, -0.15) is 0 Å². The van der Waals surface area contributed by atoms with Crippen LogP contribution in [0.2, 0.25) is 0 Å². The average Bonchev–Trinajstić information content (AvgIpc) is 3.08. The van der Waals surface area contributed by atoms with Crippen molar-refractivity contribution in [2.45, 2.75) is 19.8 Å². The summed E-state index contributed by atoms with van der Waals surface area (Å²) in [6.07, 6.45) is 3.82. The second kappa shape index (κ2) is 7.07. The zero-order chi connectivity index (χ0) is 18.1. The molecular weight excluding hydrogens is 332 g/mol. The van der Waals surface area contributed by atoms with E-state index in [2.05, 4.69) is 11.9 Å². The lowest BCUT2D eigenvalue weighted by atomic mass is 9.99. The van der Waals surface area contributed by atoms with Gasteiger partial charge in [-0.25, -0.2) is 4.98 Å². The van der Waals surface area contributed by atoms with E-state index in [0.29, 0.717) is 49.3 Å². The van der Waals surface area contributed by atoms with Gasteiger partial charge in [0.2, 0.25) is 5.82 Å². The highest BCUT2D eigenvalue weighted by Gasteiger charge is 2.29. The van der Waals surface area contributed by atoms with Crippen LogP contribution in [-0.2, 0) is 4.74 Å². The Kier molecular flexibility index (Phi) is 4.63. The second-order valence-electron chi connectivity index (χ2n) is 7.12. The molecule has 0 spiro atoms. The Morgan fingerprint density at radius 2 is 1.73 bits per heavy atom. The third-order valence-corrected chi connectivity index (χ3v) is 5.31. The normalized spacial score (nSPS) is 19.1. The largest absolute Gasteiger partial charge is 0.378 e. The summed E-state index contributed by atoms with van der Waals surface area (Å²) in [5.41, 5.74) is 1.06. The fourth-order valence-electron chi connectivity index (χ4n) is 3.62. The number of amides is 2. The van der Waals surface area contributed by atoms with Crippen molar-refractivity contribution < 1.29 is 14.3 Å². The molecule has 2 fully saturated rings. The number of morpholine rings is 1. The van der Waals surface area contributed by atoms with Gasteiger partial charge in [0.15, 0.2) is 5.69 Å². The number of pyridine rings is 1. The number of piperidine rings is 1. The van der Waals surface area contributed by atoms with Crippen molar-refractivity contribution in [1.82, 2.24) is 19.2 Å². The van der Waals surface area contributed by atoms with Gasteiger partial charge in [-0.15, -0.1) is 0 Å². The summed E-state index contributed by atoms with van der Waals surface area (Å²) in [5.74, 6) is 0.718. The van der Waals surface area contributed by atoms with Gasteiger partial charge < -0.3 is 14.5 Å². The van der Waals surface area contributed by atoms with E-state index in [-0.39, 0.29) is 11.8 Å². The molecule has 2 saturated heterocycles. The minimum absolute atomic E-state index is 0.0818. The summed E-state index contributed by atoms with van der Waals surface area (Å²) >= 11 is 0. The van der Waals surface area contributed by atoms with Crippen molar-refractivity contribution in [3.63, 3.8) is 0 Å². The highest BCUT2D eigenvalue weighted by atomic mass is 16.5. The van der Waals surface area contributed by atoms with E-state index < -0.39 is 0 Å². The summed E-state index contributed by atoms with van der Waals surface area (Å²) in [5, 5.41) is 0. The number of aromatic nitrogens is 2. The Morgan fingerprint density at radius 3 is 2.46 bits per heavy atom. The number of imidazole rings is 1. The van der Waals surface area contributed by atoms with Gasteiger partial charge in [0.05, 0.1) is 18.7 Å². The van der Waals surface area contributed by atoms with Crippen LogP contribution < -0.4 is 0 Å². The highest BCUT2D eigenvalue weighted by Crippen LogP contribution is 2.21. The molecule has 2 aromatic rings. The lowest BCUT2D eigenvalue weighted by Crippen LogP contribution is -2.41. The smallest absolute Gasteiger partial charge is 0.290 e. The fraction of sp³-hybridized carbons (Fsp3) is 0.526. The summed E-state index contributed by atoms with van der Waals surface area (Å²) < 4.78 is 7.06. The van der Waals surface area contributed by atoms with E-state index in [9.17, 15) is 9.59 Å². The molecule has 0 atom stereocenters. The Hall–Kier alpha value is -2.41. The van der Waals surface area contributed by atoms with Crippen LogP contribution in [0, 0.1) is 5.92 Å². The first kappa shape index (κ1) is 17.0. The standard InChI is InChI=1S/C19H24N4O3/c1-14-5-8-21(9-6-14)18(24)16-15-4-2-3-7-23(15)17(20-16)19(25)22-10-12-26-13-11-22/h2-4,7,14H,5-6,8-13H2,1H3. The van der Waals surface area contributed by atoms with E-state index in [1.165, 1.54) is 0 Å². The van der Waals surface area contributed by atoms with Crippen LogP contribution in [0.3, 0.4) is 0 Å². The Labute approximate surface area is 152 Å². The molecule has 2 aromatic heterocycles. The number of rotatable bonds is 2. The number of likely N-dealkylation sites (tertiary alicyclic amines) is 1. The van der Waals surface area contributed by atoms with Crippen molar-refractivity contribution in [3.8, 4) is 0 Å². The topological polar surface area (TPSA) is 67.2 Å². The third kappa shape index (κ3) is 3.07. The summed E-state index contributed by atoms with van der Waals surface area (Å²) in [6.45, 7) is 5.88. The van der Waals surface area contributed by atoms with E-state index in [1.54, 1.807) is 15.5 Å². The number of fused-ring (bicyclic) bond motifs is 1. The van der Waals surface area contributed by atoms with Crippen molar-refractivity contribution in [1.29, 1.82) is 0 Å². The maximum Gasteiger partial charge on any atom is 0.290 e. The molecule has 7 nitrogen and oxygen atoms in total. The number of nitrogens with zero attached hydrogens (tertiary/aromatic N) is 4. The number of hydrogen-bond acceptors (Lipinski definition) is 4. The number of carbonyl (C=O) groups excluding carboxylic acids is 2. The highest BCUT2D eigenvalue weighted by molar-refractivity contribution is 6.02. The Morgan fingerprint density at radius 1 is 1.04 bits per heavy atom. The predicted molar refractivity (Wildman–Crippen MR) is 96.2 cm³/mol. The molecule has 2 aliphatic heterocycles. The van der Waals surface area contributed by atoms with Gasteiger partial charge in [0, 0.05) is 32.4 Å². The maximum atomic E-state index is 13.0. The predicted octanol–water partition coefficient (Wildman–Crippen LogP) is 1.68. The third-order valence-electron chi connectivity index (χ3n) is 5.31. The molecule has 0 N–H and O–H groups in total. The molecule has 138 valence electrons. The molecule has 0 aliphatic carbocycles. The lowest BCUT2D eigenvalue weighted by molar-refractivity contribution is 0.0294. The Bertz CT molecular complexity index is 817. The van der Waals surface area contributed by atoms with Gasteiger partial charge in [-0.3, -0.25) is 14.0 Å². The van der Waals surface area contributed by atoms with E-state index >= 15 is 0 Å². The molecule has 0 radical (unpaired) electrons. The quantitative estimate of drug-likeness (QED) is 0.821. The first-order valence-electron chi connectivity index (χ1n) is 9.28. The van der Waals surface area contributed by atoms with Crippen LogP contribution in [0.25, 0.3) is 5.52 Å². The first-order chi connectivity index (χ1) is 12.6. The second-order valence-corrected chi connectivity index (χ2v) is 7.12. The van der Waals surface area contributed by atoms with Crippen LogP contribution in [0.15, 0.2) is 24.4 Å². The number of carbonyl (C=O) groups is 2. The van der Waals surface area contributed by atoms with E-state index in [0.717, 1.165) is 25.9 Å². The fourth-order valence-corrected chi connectivity index (χ4v) is 3.62. The molecule has 4 rings (SSSR count). The molecular formula is C19H24N4O3. The zero-order valence-corrected chi connectivity index (χ0v) is 15.1. The lowest BCUT2D eigenvalue weighted by Gasteiger charge is -2.29. The molecule has 7 heteroatoms. The molecule has 2 amide bonds. The minimum atomic E-state index is -0.152. The van der Waals surface area contributed by atoms with E-state index in [1.807, 2.05) is 23.1 Å². The van der Waals surface area contributed by atoms with Gasteiger partial charge in [-0.05, 0) is 30.9 Å². The maximum absolute atomic E-state index is 13.0. The van der Waals surface area contributed by atoms with Gasteiger partial charge in [0.25, 0.3) is 11.8 Å². The van der Waals surface area contributed by atoms with Crippen LogP contribution in [-0.4, -0.2) is 70.4 Å². The molecule has 0 aromatic carbocycles. The molecule has 0 saturated carbocycles. The monoisotopic (exact) mass is 356 g/mol. The minimum Gasteiger partial charge on any atom is -0.378 e. The number of ether oxygens (including phenoxy) is 1. The average molecular weight is 356 g/mol. The molecule has 0 unspecified atom stereocenters. The zero-order valence-electron chi connectivity index (χ0n) is 15.1. The molecule has 4 heterocycles. The SMILES string of the molecule is CC1CCN(C(=O)c2nc(C(=O)N3CCOCC3)n3ccccc23)CC1. The summed E-state index contributed by atoms with van der Waals surface area (Å²) in [4.78, 5) is 34.1. The summed E-state index contributed by atoms with van der Waals surface area (Å²) in [6, 6.07) is 5.57. The van der Waals surface area contributed by atoms with Crippen molar-refractivity contribution >= 4 is 17.3 Å². The first-order valence-corrected chi connectivity index (χ1v) is 9.28. The molecule has 0 bridgehead atoms. The van der Waals surface area contributed by atoms with Crippen LogP contribution in [0.4, 0.5) is 0 Å². The summed E-state index contributed by atoms with van der Waals surface area (Å²) in [7, 11) is 0. The van der Waals surface area contributed by atoms with Crippen molar-refractivity contribution in [3.05, 3.63) is 35.9 Å². The van der Waals surface area contributed by atoms with Gasteiger partial charge >= 0.3 is 0 Å². The van der Waals surface area contributed by atoms with Gasteiger partial charge in [-0.1, -0.05) is 13.0 Å². The molecule has 2 aliphatic rings.